The zero-order chi connectivity index (χ0) is 32.3. The molecule has 3 heteroatoms. The minimum Gasteiger partial charge on any atom is -0.461 e. The molecule has 1 aromatic heterocycles. The first kappa shape index (κ1) is 28.2. The van der Waals surface area contributed by atoms with E-state index >= 15 is 0 Å². The van der Waals surface area contributed by atoms with Crippen molar-refractivity contribution in [2.45, 2.75) is 37.3 Å². The summed E-state index contributed by atoms with van der Waals surface area (Å²) >= 11 is 0. The van der Waals surface area contributed by atoms with Gasteiger partial charge < -0.3 is 14.5 Å². The quantitative estimate of drug-likeness (QED) is 0.206. The standard InChI is InChI=1S/C46H33NO2/c1-2-17-34-29(11-1)12-7-19-35(34)30-13-5-14-31(27-30)37-21-9-25-42-45(37)46-39(22-10-26-43(46)49-42)47-33-16-6-15-32(28-33)36-20-8-24-41-44(36)38-18-3-4-23-40(38)48-41/h2-6,8-10,13-15,17-28,33,39,46-47H,7,12,16H2. The second kappa shape index (κ2) is 11.4. The van der Waals surface area contributed by atoms with Crippen molar-refractivity contribution in [3.05, 3.63) is 185 Å². The van der Waals surface area contributed by atoms with Crippen LogP contribution in [0.3, 0.4) is 0 Å². The highest BCUT2D eigenvalue weighted by molar-refractivity contribution is 6.11. The largest absolute Gasteiger partial charge is 0.461 e. The van der Waals surface area contributed by atoms with Crippen molar-refractivity contribution in [1.29, 1.82) is 0 Å². The number of hydrogen-bond donors (Lipinski definition) is 1. The molecule has 1 N–H and O–H groups in total. The first-order valence-electron chi connectivity index (χ1n) is 17.3. The molecule has 3 aliphatic carbocycles. The Kier molecular flexibility index (Phi) is 6.57. The summed E-state index contributed by atoms with van der Waals surface area (Å²) in [5, 5.41) is 6.35. The van der Waals surface area contributed by atoms with Crippen molar-refractivity contribution >= 4 is 33.1 Å². The lowest BCUT2D eigenvalue weighted by atomic mass is 9.82. The third-order valence-electron chi connectivity index (χ3n) is 10.4. The molecule has 0 amide bonds. The number of benzene rings is 4. The van der Waals surface area contributed by atoms with Gasteiger partial charge in [-0.25, -0.2) is 0 Å². The molecule has 0 spiro atoms. The molecule has 10 rings (SSSR count). The highest BCUT2D eigenvalue weighted by Gasteiger charge is 2.39. The van der Waals surface area contributed by atoms with Crippen LogP contribution < -0.4 is 10.1 Å². The van der Waals surface area contributed by atoms with Crippen molar-refractivity contribution in [1.82, 2.24) is 5.32 Å². The van der Waals surface area contributed by atoms with Crippen LogP contribution in [0.5, 0.6) is 5.75 Å². The van der Waals surface area contributed by atoms with Crippen LogP contribution in [0.15, 0.2) is 150 Å². The number of rotatable bonds is 5. The van der Waals surface area contributed by atoms with Gasteiger partial charge in [0.25, 0.3) is 0 Å². The number of furan rings is 1. The average Bonchev–Trinajstić information content (AvgIpc) is 3.74. The summed E-state index contributed by atoms with van der Waals surface area (Å²) in [6.07, 6.45) is 18.8. The molecule has 0 bridgehead atoms. The number of fused-ring (bicyclic) bond motifs is 7. The molecule has 4 aliphatic rings. The Labute approximate surface area is 286 Å². The highest BCUT2D eigenvalue weighted by Crippen LogP contribution is 2.49. The predicted octanol–water partition coefficient (Wildman–Crippen LogP) is 10.5. The van der Waals surface area contributed by atoms with Crippen LogP contribution in [0.2, 0.25) is 0 Å². The molecule has 234 valence electrons. The predicted molar refractivity (Wildman–Crippen MR) is 198 cm³/mol. The number of nitrogens with one attached hydrogen (secondary N) is 1. The zero-order valence-electron chi connectivity index (χ0n) is 26.9. The Hall–Kier alpha value is -5.82. The van der Waals surface area contributed by atoms with Crippen molar-refractivity contribution in [3.63, 3.8) is 0 Å². The molecule has 3 unspecified atom stereocenters. The summed E-state index contributed by atoms with van der Waals surface area (Å²) in [5.74, 6) is 2.02. The van der Waals surface area contributed by atoms with Crippen LogP contribution in [0, 0.1) is 12.1 Å². The molecule has 0 radical (unpaired) electrons. The maximum absolute atomic E-state index is 6.57. The fourth-order valence-corrected chi connectivity index (χ4v) is 8.28. The molecule has 1 aliphatic heterocycles. The molecule has 0 fully saturated rings. The van der Waals surface area contributed by atoms with Gasteiger partial charge in [0.05, 0.1) is 5.92 Å². The van der Waals surface area contributed by atoms with Gasteiger partial charge in [0, 0.05) is 34.0 Å². The molecule has 49 heavy (non-hydrogen) atoms. The van der Waals surface area contributed by atoms with Gasteiger partial charge in [-0.1, -0.05) is 109 Å². The van der Waals surface area contributed by atoms with Gasteiger partial charge in [0.2, 0.25) is 0 Å². The van der Waals surface area contributed by atoms with E-state index in [4.69, 9.17) is 9.15 Å². The number of hydrogen-bond acceptors (Lipinski definition) is 3. The number of ether oxygens (including phenoxy) is 1. The summed E-state index contributed by atoms with van der Waals surface area (Å²) in [7, 11) is 0. The van der Waals surface area contributed by atoms with E-state index in [0.29, 0.717) is 0 Å². The second-order valence-corrected chi connectivity index (χ2v) is 13.3. The summed E-state index contributed by atoms with van der Waals surface area (Å²) in [6.45, 7) is 0. The molecule has 0 saturated heterocycles. The van der Waals surface area contributed by atoms with Crippen molar-refractivity contribution < 1.29 is 9.15 Å². The van der Waals surface area contributed by atoms with Crippen LogP contribution in [0.25, 0.3) is 44.2 Å². The first-order valence-corrected chi connectivity index (χ1v) is 17.3. The summed E-state index contributed by atoms with van der Waals surface area (Å²) < 4.78 is 12.8. The number of para-hydroxylation sites is 1. The van der Waals surface area contributed by atoms with Gasteiger partial charge in [-0.3, -0.25) is 0 Å². The van der Waals surface area contributed by atoms with Crippen LogP contribution in [-0.4, -0.2) is 12.1 Å². The topological polar surface area (TPSA) is 34.4 Å². The fourth-order valence-electron chi connectivity index (χ4n) is 8.28. The van der Waals surface area contributed by atoms with Gasteiger partial charge >= 0.3 is 0 Å². The number of allylic oxidation sites excluding steroid dienone is 5. The van der Waals surface area contributed by atoms with E-state index in [0.717, 1.165) is 47.3 Å². The first-order chi connectivity index (χ1) is 24.3. The van der Waals surface area contributed by atoms with Gasteiger partial charge in [0.15, 0.2) is 0 Å². The Morgan fingerprint density at radius 3 is 2.69 bits per heavy atom. The van der Waals surface area contributed by atoms with Crippen molar-refractivity contribution in [2.75, 3.05) is 0 Å². The molecule has 3 nitrogen and oxygen atoms in total. The molecular formula is C46H33NO2. The highest BCUT2D eigenvalue weighted by atomic mass is 16.5. The van der Waals surface area contributed by atoms with Gasteiger partial charge in [0.1, 0.15) is 22.7 Å². The summed E-state index contributed by atoms with van der Waals surface area (Å²) in [4.78, 5) is 0. The van der Waals surface area contributed by atoms with E-state index in [2.05, 4.69) is 139 Å². The minimum atomic E-state index is 0.0728. The molecule has 6 aromatic rings. The lowest BCUT2D eigenvalue weighted by molar-refractivity contribution is 0.392. The maximum Gasteiger partial charge on any atom is 0.136 e. The third kappa shape index (κ3) is 4.71. The smallest absolute Gasteiger partial charge is 0.136 e. The Bertz CT molecular complexity index is 2450. The second-order valence-electron chi connectivity index (χ2n) is 13.3. The lowest BCUT2D eigenvalue weighted by Crippen LogP contribution is -2.41. The van der Waals surface area contributed by atoms with E-state index in [-0.39, 0.29) is 18.0 Å². The van der Waals surface area contributed by atoms with E-state index in [1.807, 2.05) is 18.2 Å². The Morgan fingerprint density at radius 1 is 0.816 bits per heavy atom. The Balaban J connectivity index is 0.992. The Morgan fingerprint density at radius 2 is 1.69 bits per heavy atom. The van der Waals surface area contributed by atoms with E-state index in [1.54, 1.807) is 0 Å². The van der Waals surface area contributed by atoms with Gasteiger partial charge in [-0.2, -0.15) is 0 Å². The molecule has 5 aromatic carbocycles. The lowest BCUT2D eigenvalue weighted by Gasteiger charge is -2.30. The van der Waals surface area contributed by atoms with E-state index in [1.165, 1.54) is 55.5 Å². The van der Waals surface area contributed by atoms with Gasteiger partial charge in [-0.15, -0.1) is 0 Å². The van der Waals surface area contributed by atoms with Crippen LogP contribution in [-0.2, 0) is 6.42 Å². The molecule has 0 saturated carbocycles. The van der Waals surface area contributed by atoms with Crippen molar-refractivity contribution in [2.24, 2.45) is 0 Å². The average molecular weight is 632 g/mol. The minimum absolute atomic E-state index is 0.0728. The monoisotopic (exact) mass is 631 g/mol. The van der Waals surface area contributed by atoms with E-state index < -0.39 is 0 Å². The van der Waals surface area contributed by atoms with E-state index in [9.17, 15) is 0 Å². The fraction of sp³-hybridized carbons (Fsp3) is 0.130. The van der Waals surface area contributed by atoms with Crippen LogP contribution >= 0.6 is 0 Å². The molecule has 3 atom stereocenters. The summed E-state index contributed by atoms with van der Waals surface area (Å²) in [5.41, 5.74) is 13.0. The molecular weight excluding hydrogens is 599 g/mol. The maximum atomic E-state index is 6.57. The third-order valence-corrected chi connectivity index (χ3v) is 10.4. The normalized spacial score (nSPS) is 20.5. The van der Waals surface area contributed by atoms with Crippen molar-refractivity contribution in [3.8, 4) is 16.9 Å². The van der Waals surface area contributed by atoms with Crippen LogP contribution in [0.4, 0.5) is 0 Å². The molecule has 2 heterocycles. The van der Waals surface area contributed by atoms with Crippen LogP contribution in [0.1, 0.15) is 46.6 Å². The van der Waals surface area contributed by atoms with Gasteiger partial charge in [-0.05, 0) is 101 Å². The zero-order valence-corrected chi connectivity index (χ0v) is 26.9. The SMILES string of the molecule is c1ccc2c(c#1)CCC=C2c1cccc(-c2cccc3c2C2C(=CC=CC2NC2C=C(c4cccc5oc6ccccc6c45)C=CC2)O3)c1. The summed E-state index contributed by atoms with van der Waals surface area (Å²) in [6, 6.07) is 41.0.